The van der Waals surface area contributed by atoms with Crippen LogP contribution in [0, 0.1) is 13.8 Å². The third kappa shape index (κ3) is 4.25. The second kappa shape index (κ2) is 11.8. The van der Waals surface area contributed by atoms with Gasteiger partial charge in [-0.2, -0.15) is 0 Å². The number of nitrogens with one attached hydrogen (secondary N) is 1. The molecule has 0 saturated carbocycles. The van der Waals surface area contributed by atoms with Crippen LogP contribution in [-0.2, 0) is 26.2 Å². The van der Waals surface area contributed by atoms with Crippen molar-refractivity contribution in [3.05, 3.63) is 62.7 Å². The van der Waals surface area contributed by atoms with E-state index < -0.39 is 52.5 Å². The number of piperazine rings is 1. The van der Waals surface area contributed by atoms with E-state index in [2.05, 4.69) is 28.1 Å². The molecular formula is C40H43N3O11S. The van der Waals surface area contributed by atoms with E-state index in [-0.39, 0.29) is 42.3 Å². The van der Waals surface area contributed by atoms with Gasteiger partial charge in [0.05, 0.1) is 42.7 Å². The molecule has 8 atom stereocenters. The van der Waals surface area contributed by atoms with Crippen molar-refractivity contribution in [2.24, 2.45) is 0 Å². The van der Waals surface area contributed by atoms with Crippen molar-refractivity contribution in [1.29, 1.82) is 0 Å². The molecule has 0 amide bonds. The SMILES string of the molecule is COc1cc2c(cc1O)CCNCSC13c4c5c(c(C)c(OC(C)=O)c4[C@@H]1[C@H]1[C@@H]4c6c(cc(C)c(OC)c6O)C6(C)CC([C@H](O)N1[C@H]3COC2=O)N46)OCO5. The number of thioether (sulfide) groups is 1. The highest BCUT2D eigenvalue weighted by atomic mass is 32.2. The molecule has 7 aliphatic rings. The van der Waals surface area contributed by atoms with Crippen molar-refractivity contribution < 1.29 is 53.3 Å². The maximum Gasteiger partial charge on any atom is 0.338 e. The number of fused-ring (bicyclic) bond motifs is 12. The van der Waals surface area contributed by atoms with Crippen LogP contribution in [0.15, 0.2) is 18.2 Å². The zero-order valence-corrected chi connectivity index (χ0v) is 32.2. The molecule has 290 valence electrons. The lowest BCUT2D eigenvalue weighted by Gasteiger charge is -2.63. The molecule has 55 heavy (non-hydrogen) atoms. The Morgan fingerprint density at radius 3 is 2.58 bits per heavy atom. The lowest BCUT2D eigenvalue weighted by Crippen LogP contribution is -2.74. The van der Waals surface area contributed by atoms with Crippen LogP contribution < -0.4 is 29.0 Å². The average Bonchev–Trinajstić information content (AvgIpc) is 3.75. The summed E-state index contributed by atoms with van der Waals surface area (Å²) in [4.78, 5) is 31.4. The summed E-state index contributed by atoms with van der Waals surface area (Å²) in [6.07, 6.45) is 0.0903. The minimum atomic E-state index is -0.981. The molecule has 0 bridgehead atoms. The van der Waals surface area contributed by atoms with E-state index >= 15 is 0 Å². The Morgan fingerprint density at radius 2 is 1.84 bits per heavy atom. The molecule has 3 aromatic carbocycles. The maximum atomic E-state index is 14.2. The number of benzene rings is 3. The normalized spacial score (nSPS) is 32.4. The summed E-state index contributed by atoms with van der Waals surface area (Å²) in [5.74, 6) is 0.983. The Morgan fingerprint density at radius 1 is 1.05 bits per heavy atom. The van der Waals surface area contributed by atoms with Gasteiger partial charge in [-0.1, -0.05) is 0 Å². The zero-order chi connectivity index (χ0) is 38.5. The fourth-order valence-electron chi connectivity index (χ4n) is 11.3. The summed E-state index contributed by atoms with van der Waals surface area (Å²) < 4.78 is 35.0. The number of hydrogen-bond donors (Lipinski definition) is 4. The van der Waals surface area contributed by atoms with Crippen LogP contribution in [0.1, 0.15) is 81.5 Å². The average molecular weight is 774 g/mol. The highest BCUT2D eigenvalue weighted by Gasteiger charge is 2.79. The number of phenolic OH excluding ortho intramolecular Hbond substituents is 2. The predicted molar refractivity (Wildman–Crippen MR) is 197 cm³/mol. The van der Waals surface area contributed by atoms with Crippen molar-refractivity contribution in [1.82, 2.24) is 15.1 Å². The number of hydrogen-bond acceptors (Lipinski definition) is 15. The number of aliphatic hydroxyl groups excluding tert-OH is 1. The van der Waals surface area contributed by atoms with Gasteiger partial charge in [0.1, 0.15) is 18.6 Å². The molecule has 15 heteroatoms. The number of carbonyl (C=O) groups excluding carboxylic acids is 2. The fourth-order valence-corrected chi connectivity index (χ4v) is 13.0. The van der Waals surface area contributed by atoms with Gasteiger partial charge in [-0.05, 0) is 75.0 Å². The Hall–Kier alpha value is -4.41. The van der Waals surface area contributed by atoms with E-state index in [0.29, 0.717) is 59.4 Å². The van der Waals surface area contributed by atoms with Gasteiger partial charge >= 0.3 is 11.9 Å². The summed E-state index contributed by atoms with van der Waals surface area (Å²) in [5, 5.41) is 38.9. The van der Waals surface area contributed by atoms with Crippen LogP contribution in [0.4, 0.5) is 0 Å². The first-order valence-electron chi connectivity index (χ1n) is 18.6. The third-order valence-corrected chi connectivity index (χ3v) is 14.9. The Labute approximate surface area is 321 Å². The molecule has 3 saturated heterocycles. The molecule has 6 heterocycles. The largest absolute Gasteiger partial charge is 0.504 e. The highest BCUT2D eigenvalue weighted by molar-refractivity contribution is 8.00. The second-order valence-electron chi connectivity index (χ2n) is 15.8. The van der Waals surface area contributed by atoms with Crippen LogP contribution in [0.3, 0.4) is 0 Å². The number of aliphatic hydroxyl groups is 1. The molecule has 1 aliphatic carbocycles. The number of carbonyl (C=O) groups is 2. The minimum absolute atomic E-state index is 0.0199. The summed E-state index contributed by atoms with van der Waals surface area (Å²) in [6, 6.07) is 3.33. The van der Waals surface area contributed by atoms with E-state index in [4.69, 9.17) is 28.4 Å². The van der Waals surface area contributed by atoms with Crippen LogP contribution in [0.5, 0.6) is 40.2 Å². The first-order chi connectivity index (χ1) is 26.4. The van der Waals surface area contributed by atoms with E-state index in [1.165, 1.54) is 26.2 Å². The lowest BCUT2D eigenvalue weighted by molar-refractivity contribution is -0.234. The molecule has 6 aliphatic heterocycles. The van der Waals surface area contributed by atoms with Gasteiger partial charge in [0.25, 0.3) is 0 Å². The maximum absolute atomic E-state index is 14.2. The van der Waals surface area contributed by atoms with Gasteiger partial charge in [-0.3, -0.25) is 14.6 Å². The van der Waals surface area contributed by atoms with Crippen molar-refractivity contribution in [3.63, 3.8) is 0 Å². The van der Waals surface area contributed by atoms with Gasteiger partial charge in [-0.25, -0.2) is 4.79 Å². The monoisotopic (exact) mass is 773 g/mol. The number of aromatic hydroxyl groups is 2. The van der Waals surface area contributed by atoms with Crippen molar-refractivity contribution >= 4 is 23.7 Å². The molecule has 10 rings (SSSR count). The van der Waals surface area contributed by atoms with Crippen LogP contribution >= 0.6 is 11.8 Å². The van der Waals surface area contributed by atoms with Gasteiger partial charge in [-0.15, -0.1) is 11.8 Å². The second-order valence-corrected chi connectivity index (χ2v) is 17.0. The van der Waals surface area contributed by atoms with Gasteiger partial charge in [0, 0.05) is 52.6 Å². The Bertz CT molecular complexity index is 2230. The molecule has 14 nitrogen and oxygen atoms in total. The van der Waals surface area contributed by atoms with Gasteiger partial charge in [0.15, 0.2) is 34.5 Å². The van der Waals surface area contributed by atoms with Gasteiger partial charge in [0.2, 0.25) is 6.79 Å². The number of esters is 2. The van der Waals surface area contributed by atoms with E-state index in [9.17, 15) is 24.9 Å². The minimum Gasteiger partial charge on any atom is -0.504 e. The molecule has 4 N–H and O–H groups in total. The van der Waals surface area contributed by atoms with Crippen molar-refractivity contribution in [2.75, 3.05) is 40.0 Å². The Kier molecular flexibility index (Phi) is 7.52. The van der Waals surface area contributed by atoms with Gasteiger partial charge < -0.3 is 49.1 Å². The van der Waals surface area contributed by atoms with Crippen LogP contribution in [-0.4, -0.2) is 101 Å². The highest BCUT2D eigenvalue weighted by Crippen LogP contribution is 2.78. The number of rotatable bonds is 3. The number of aryl methyl sites for hydroxylation is 1. The number of methoxy groups -OCH3 is 2. The third-order valence-electron chi connectivity index (χ3n) is 13.3. The molecule has 0 radical (unpaired) electrons. The number of cyclic esters (lactones) is 1. The topological polar surface area (TPSA) is 169 Å². The Balaban J connectivity index is 1.21. The first-order valence-corrected chi connectivity index (χ1v) is 19.6. The molecule has 1 spiro atoms. The first kappa shape index (κ1) is 35.0. The number of nitrogens with zero attached hydrogens (tertiary/aromatic N) is 2. The molecule has 3 unspecified atom stereocenters. The van der Waals surface area contributed by atoms with E-state index in [1.54, 1.807) is 18.9 Å². The van der Waals surface area contributed by atoms with Crippen molar-refractivity contribution in [2.45, 2.75) is 87.1 Å². The standard InChI is InChI=1S/C40H43N3O11S/c1-16-9-21-26(32(46)33(16)50-6)30-31-28-27-29(36-35(52-15-53-36)17(2)34(27)54-18(3)44)40(28)25(42(31)37(47)22-12-39(21,4)43(22)30)13-51-38(48)20-11-24(49-5)23(45)10-19(20)7-8-41-14-55-40/h9-11,22,25,28,30-31,37,41,45-47H,7-8,12-15H2,1-6H3/t22?,25-,28+,30-,31-,37-,39?,40?/m0/s1. The molecular weight excluding hydrogens is 731 g/mol. The molecule has 0 aromatic heterocycles. The lowest BCUT2D eigenvalue weighted by atomic mass is 9.61. The smallest absolute Gasteiger partial charge is 0.338 e. The fraction of sp³-hybridized carbons (Fsp3) is 0.500. The summed E-state index contributed by atoms with van der Waals surface area (Å²) >= 11 is 1.64. The summed E-state index contributed by atoms with van der Waals surface area (Å²) in [6.45, 7) is 7.66. The summed E-state index contributed by atoms with van der Waals surface area (Å²) in [5.41, 5.74) is 5.21. The molecule has 3 aromatic rings. The van der Waals surface area contributed by atoms with Crippen molar-refractivity contribution in [3.8, 4) is 40.2 Å². The van der Waals surface area contributed by atoms with Crippen LogP contribution in [0.2, 0.25) is 0 Å². The molecule has 3 fully saturated rings. The van der Waals surface area contributed by atoms with E-state index in [1.807, 2.05) is 13.8 Å². The number of phenols is 2. The predicted octanol–water partition coefficient (Wildman–Crippen LogP) is 3.80. The van der Waals surface area contributed by atoms with E-state index in [0.717, 1.165) is 27.8 Å². The quantitative estimate of drug-likeness (QED) is 0.224. The number of ether oxygens (including phenoxy) is 6. The zero-order valence-electron chi connectivity index (χ0n) is 31.3. The summed E-state index contributed by atoms with van der Waals surface area (Å²) in [7, 11) is 2.98. The van der Waals surface area contributed by atoms with Crippen LogP contribution in [0.25, 0.3) is 0 Å².